The van der Waals surface area contributed by atoms with E-state index >= 15 is 0 Å². The van der Waals surface area contributed by atoms with E-state index in [0.717, 1.165) is 25.1 Å². The largest absolute Gasteiger partial charge is 0.490 e. The zero-order valence-electron chi connectivity index (χ0n) is 20.3. The number of carboxylic acid groups (broad SMARTS) is 1. The number of sulfonamides is 1. The first-order chi connectivity index (χ1) is 18.4. The van der Waals surface area contributed by atoms with Gasteiger partial charge in [0.05, 0.1) is 10.6 Å². The number of benzene rings is 2. The van der Waals surface area contributed by atoms with Crippen LogP contribution in [-0.2, 0) is 14.8 Å². The summed E-state index contributed by atoms with van der Waals surface area (Å²) >= 11 is 5.87. The van der Waals surface area contributed by atoms with Gasteiger partial charge in [-0.1, -0.05) is 11.6 Å². The highest BCUT2D eigenvalue weighted by Crippen LogP contribution is 2.34. The molecule has 3 rings (SSSR count). The summed E-state index contributed by atoms with van der Waals surface area (Å²) in [6, 6.07) is 11.8. The third-order valence-corrected chi connectivity index (χ3v) is 6.25. The van der Waals surface area contributed by atoms with Crippen LogP contribution >= 0.6 is 11.6 Å². The number of nitrogens with zero attached hydrogens (tertiary/aromatic N) is 2. The molecule has 0 saturated heterocycles. The Morgan fingerprint density at radius 3 is 2.02 bits per heavy atom. The fraction of sp³-hybridized carbons (Fsp3) is 0.227. The maximum absolute atomic E-state index is 13.0. The van der Waals surface area contributed by atoms with Gasteiger partial charge in [-0.05, 0) is 56.4 Å². The van der Waals surface area contributed by atoms with Crippen molar-refractivity contribution in [1.29, 1.82) is 0 Å². The third kappa shape index (κ3) is 9.73. The van der Waals surface area contributed by atoms with Crippen LogP contribution < -0.4 is 20.1 Å². The zero-order chi connectivity index (χ0) is 30.3. The quantitative estimate of drug-likeness (QED) is 0.242. The number of nitrogens with one attached hydrogen (secondary N) is 3. The van der Waals surface area contributed by atoms with Gasteiger partial charge < -0.3 is 20.5 Å². The minimum Gasteiger partial charge on any atom is -0.479 e. The molecule has 40 heavy (non-hydrogen) atoms. The molecule has 1 atom stereocenters. The normalized spacial score (nSPS) is 12.5. The van der Waals surface area contributed by atoms with E-state index in [4.69, 9.17) is 26.2 Å². The van der Waals surface area contributed by atoms with Crippen molar-refractivity contribution in [2.24, 2.45) is 0 Å². The van der Waals surface area contributed by atoms with E-state index in [1.807, 2.05) is 0 Å². The minimum absolute atomic E-state index is 0.0291. The Balaban J connectivity index is 0.000000708. The van der Waals surface area contributed by atoms with Gasteiger partial charge in [0, 0.05) is 16.8 Å². The van der Waals surface area contributed by atoms with E-state index in [1.165, 1.54) is 19.4 Å². The number of rotatable bonds is 8. The smallest absolute Gasteiger partial charge is 0.479 e. The summed E-state index contributed by atoms with van der Waals surface area (Å²) in [5, 5.41) is 13.5. The van der Waals surface area contributed by atoms with E-state index in [9.17, 15) is 34.8 Å². The monoisotopic (exact) mass is 615 g/mol. The maximum atomic E-state index is 13.0. The van der Waals surface area contributed by atoms with Crippen molar-refractivity contribution in [2.75, 3.05) is 17.7 Å². The van der Waals surface area contributed by atoms with Crippen LogP contribution in [0.1, 0.15) is 6.92 Å². The number of halogens is 7. The first kappa shape index (κ1) is 32.4. The number of aromatic nitrogens is 2. The van der Waals surface area contributed by atoms with Crippen molar-refractivity contribution in [1.82, 2.24) is 14.7 Å². The Kier molecular flexibility index (Phi) is 10.5. The number of aliphatic carboxylic acids is 1. The Morgan fingerprint density at radius 1 is 0.975 bits per heavy atom. The molecule has 0 amide bonds. The Hall–Kier alpha value is -3.83. The number of anilines is 4. The first-order valence-electron chi connectivity index (χ1n) is 10.6. The number of hydrogen-bond donors (Lipinski definition) is 4. The number of carboxylic acids is 1. The minimum atomic E-state index is -5.08. The molecule has 0 saturated carbocycles. The summed E-state index contributed by atoms with van der Waals surface area (Å²) in [5.74, 6) is -2.40. The summed E-state index contributed by atoms with van der Waals surface area (Å²) in [7, 11) is -2.64. The van der Waals surface area contributed by atoms with Crippen molar-refractivity contribution in [2.45, 2.75) is 30.3 Å². The number of ether oxygens (including phenoxy) is 1. The average molecular weight is 616 g/mol. The molecule has 2 aromatic carbocycles. The van der Waals surface area contributed by atoms with Crippen LogP contribution in [0.5, 0.6) is 5.75 Å². The fourth-order valence-corrected chi connectivity index (χ4v) is 3.45. The van der Waals surface area contributed by atoms with Crippen LogP contribution in [0.2, 0.25) is 5.02 Å². The van der Waals surface area contributed by atoms with Crippen LogP contribution in [0, 0.1) is 0 Å². The van der Waals surface area contributed by atoms with E-state index in [2.05, 4.69) is 25.3 Å². The summed E-state index contributed by atoms with van der Waals surface area (Å²) < 4.78 is 102. The molecule has 1 aromatic heterocycles. The highest BCUT2D eigenvalue weighted by atomic mass is 35.5. The van der Waals surface area contributed by atoms with Crippen LogP contribution in [0.25, 0.3) is 0 Å². The van der Waals surface area contributed by atoms with Crippen LogP contribution in [0.4, 0.5) is 49.4 Å². The van der Waals surface area contributed by atoms with Crippen molar-refractivity contribution >= 4 is 50.6 Å². The van der Waals surface area contributed by atoms with E-state index < -0.39 is 34.4 Å². The Bertz CT molecular complexity index is 1420. The first-order valence-corrected chi connectivity index (χ1v) is 12.5. The van der Waals surface area contributed by atoms with Gasteiger partial charge in [0.25, 0.3) is 0 Å². The Labute approximate surface area is 228 Å². The third-order valence-electron chi connectivity index (χ3n) is 4.58. The van der Waals surface area contributed by atoms with Crippen LogP contribution in [0.3, 0.4) is 0 Å². The summed E-state index contributed by atoms with van der Waals surface area (Å²) in [6.07, 6.45) is -10.6. The lowest BCUT2D eigenvalue weighted by Gasteiger charge is -2.20. The lowest BCUT2D eigenvalue weighted by molar-refractivity contribution is -0.192. The molecule has 18 heteroatoms. The van der Waals surface area contributed by atoms with Gasteiger partial charge in [-0.3, -0.25) is 0 Å². The van der Waals surface area contributed by atoms with E-state index in [1.54, 1.807) is 24.3 Å². The van der Waals surface area contributed by atoms with Gasteiger partial charge in [0.15, 0.2) is 6.10 Å². The molecule has 10 nitrogen and oxygen atoms in total. The van der Waals surface area contributed by atoms with Crippen molar-refractivity contribution in [3.8, 4) is 5.75 Å². The SMILES string of the molecule is CNS(=O)(=O)c1ccc(OC(C)C(F)(F)F)c(Nc2cc(Nc3ccc(Cl)cc3)ncn2)c1.O=C(O)C(F)(F)F. The van der Waals surface area contributed by atoms with E-state index in [-0.39, 0.29) is 22.2 Å². The van der Waals surface area contributed by atoms with E-state index in [0.29, 0.717) is 16.5 Å². The molecule has 0 bridgehead atoms. The highest BCUT2D eigenvalue weighted by molar-refractivity contribution is 7.89. The second kappa shape index (κ2) is 13.0. The van der Waals surface area contributed by atoms with Gasteiger partial charge in [0.1, 0.15) is 23.7 Å². The second-order valence-corrected chi connectivity index (χ2v) is 9.84. The Morgan fingerprint density at radius 2 is 1.52 bits per heavy atom. The topological polar surface area (TPSA) is 143 Å². The summed E-state index contributed by atoms with van der Waals surface area (Å²) in [4.78, 5) is 16.9. The highest BCUT2D eigenvalue weighted by Gasteiger charge is 2.39. The standard InChI is InChI=1S/C20H19ClF3N5O3S.C2HF3O2/c1-12(20(22,23)24)32-17-8-7-15(33(30,31)25-2)9-16(17)29-19-10-18(26-11-27-19)28-14-5-3-13(21)4-6-14;3-2(4,5)1(6)7/h3-12,25H,1-2H3,(H2,26,27,28,29);(H,6,7). The molecule has 4 N–H and O–H groups in total. The molecule has 218 valence electrons. The lowest BCUT2D eigenvalue weighted by atomic mass is 10.2. The van der Waals surface area contributed by atoms with Gasteiger partial charge in [-0.25, -0.2) is 27.9 Å². The molecule has 0 radical (unpaired) electrons. The maximum Gasteiger partial charge on any atom is 0.490 e. The van der Waals surface area contributed by atoms with Crippen LogP contribution in [0.15, 0.2) is 59.8 Å². The number of carbonyl (C=O) groups is 1. The molecule has 0 aliphatic heterocycles. The lowest BCUT2D eigenvalue weighted by Crippen LogP contribution is -2.31. The molecule has 0 aliphatic carbocycles. The van der Waals surface area contributed by atoms with Gasteiger partial charge in [-0.2, -0.15) is 26.3 Å². The molecule has 1 unspecified atom stereocenters. The van der Waals surface area contributed by atoms with Gasteiger partial charge >= 0.3 is 18.3 Å². The predicted molar refractivity (Wildman–Crippen MR) is 133 cm³/mol. The van der Waals surface area contributed by atoms with Gasteiger partial charge in [0.2, 0.25) is 10.0 Å². The molecule has 0 spiro atoms. The molecule has 0 aliphatic rings. The number of hydrogen-bond acceptors (Lipinski definition) is 8. The molecular weight excluding hydrogens is 596 g/mol. The molecule has 0 fully saturated rings. The van der Waals surface area contributed by atoms with Crippen molar-refractivity contribution < 1.29 is 49.4 Å². The van der Waals surface area contributed by atoms with Crippen molar-refractivity contribution in [3.63, 3.8) is 0 Å². The summed E-state index contributed by atoms with van der Waals surface area (Å²) in [5.41, 5.74) is 0.660. The molecular formula is C22H20ClF6N5O5S. The van der Waals surface area contributed by atoms with Crippen LogP contribution in [-0.4, -0.2) is 55.0 Å². The van der Waals surface area contributed by atoms with Crippen molar-refractivity contribution in [3.05, 3.63) is 59.9 Å². The fourth-order valence-electron chi connectivity index (χ4n) is 2.56. The zero-order valence-corrected chi connectivity index (χ0v) is 21.9. The molecule has 1 heterocycles. The second-order valence-electron chi connectivity index (χ2n) is 7.52. The number of alkyl halides is 6. The summed E-state index contributed by atoms with van der Waals surface area (Å²) in [6.45, 7) is 0.848. The average Bonchev–Trinajstić information content (AvgIpc) is 2.86. The predicted octanol–water partition coefficient (Wildman–Crippen LogP) is 5.49. The molecule has 3 aromatic rings. The van der Waals surface area contributed by atoms with Gasteiger partial charge in [-0.15, -0.1) is 0 Å².